The standard InChI is InChI=1S/C19H18N4O2S/c24-13-10-12(11-13)16(15-5-1-2-6-20-15)23-18-14(4-3-7-21-18)17(25)19-22-8-9-26-19/h1-9,12-13,16,24H,10-11H2,(H,21,23). The molecule has 6 nitrogen and oxygen atoms in total. The molecule has 3 aromatic rings. The van der Waals surface area contributed by atoms with Gasteiger partial charge in [0.25, 0.3) is 0 Å². The predicted octanol–water partition coefficient (Wildman–Crippen LogP) is 3.09. The number of aliphatic hydroxyl groups is 1. The Bertz CT molecular complexity index is 880. The molecule has 7 heteroatoms. The van der Waals surface area contributed by atoms with Crippen LogP contribution in [0.2, 0.25) is 0 Å². The first-order valence-corrected chi connectivity index (χ1v) is 9.35. The normalized spacial score (nSPS) is 20.2. The fraction of sp³-hybridized carbons (Fsp3) is 0.263. The predicted molar refractivity (Wildman–Crippen MR) is 99.1 cm³/mol. The monoisotopic (exact) mass is 366 g/mol. The average molecular weight is 366 g/mol. The molecule has 1 unspecified atom stereocenters. The summed E-state index contributed by atoms with van der Waals surface area (Å²) in [5.41, 5.74) is 1.37. The van der Waals surface area contributed by atoms with Gasteiger partial charge in [0.1, 0.15) is 5.82 Å². The van der Waals surface area contributed by atoms with Crippen molar-refractivity contribution in [1.82, 2.24) is 15.0 Å². The number of hydrogen-bond acceptors (Lipinski definition) is 7. The van der Waals surface area contributed by atoms with E-state index in [0.29, 0.717) is 29.2 Å². The van der Waals surface area contributed by atoms with Gasteiger partial charge in [-0.25, -0.2) is 9.97 Å². The second-order valence-corrected chi connectivity index (χ2v) is 7.22. The Labute approximate surface area is 155 Å². The summed E-state index contributed by atoms with van der Waals surface area (Å²) < 4.78 is 0. The van der Waals surface area contributed by atoms with Gasteiger partial charge in [-0.3, -0.25) is 9.78 Å². The molecule has 0 aromatic carbocycles. The molecule has 0 amide bonds. The summed E-state index contributed by atoms with van der Waals surface area (Å²) in [4.78, 5) is 25.7. The molecule has 0 spiro atoms. The van der Waals surface area contributed by atoms with Gasteiger partial charge in [0, 0.05) is 24.0 Å². The second kappa shape index (κ2) is 7.31. The third kappa shape index (κ3) is 3.36. The maximum Gasteiger partial charge on any atom is 0.225 e. The molecule has 1 atom stereocenters. The third-order valence-electron chi connectivity index (χ3n) is 4.60. The van der Waals surface area contributed by atoms with E-state index in [1.165, 1.54) is 11.3 Å². The first-order chi connectivity index (χ1) is 12.7. The molecule has 1 aliphatic rings. The maximum absolute atomic E-state index is 12.8. The van der Waals surface area contributed by atoms with E-state index < -0.39 is 0 Å². The van der Waals surface area contributed by atoms with Crippen molar-refractivity contribution in [3.63, 3.8) is 0 Å². The van der Waals surface area contributed by atoms with Crippen LogP contribution in [-0.4, -0.2) is 31.9 Å². The van der Waals surface area contributed by atoms with Gasteiger partial charge in [-0.05, 0) is 43.0 Å². The Kier molecular flexibility index (Phi) is 4.73. The largest absolute Gasteiger partial charge is 0.393 e. The molecule has 0 saturated heterocycles. The minimum Gasteiger partial charge on any atom is -0.393 e. The van der Waals surface area contributed by atoms with E-state index in [9.17, 15) is 9.90 Å². The molecule has 2 N–H and O–H groups in total. The summed E-state index contributed by atoms with van der Waals surface area (Å²) >= 11 is 1.31. The van der Waals surface area contributed by atoms with Crippen LogP contribution >= 0.6 is 11.3 Å². The molecule has 0 bridgehead atoms. The summed E-state index contributed by atoms with van der Waals surface area (Å²) in [7, 11) is 0. The number of carbonyl (C=O) groups is 1. The van der Waals surface area contributed by atoms with Crippen molar-refractivity contribution < 1.29 is 9.90 Å². The topological polar surface area (TPSA) is 88.0 Å². The number of hydrogen-bond donors (Lipinski definition) is 2. The Hall–Kier alpha value is -2.64. The smallest absolute Gasteiger partial charge is 0.225 e. The molecule has 132 valence electrons. The van der Waals surface area contributed by atoms with Crippen LogP contribution in [0.25, 0.3) is 0 Å². The molecule has 1 saturated carbocycles. The molecule has 26 heavy (non-hydrogen) atoms. The molecule has 1 fully saturated rings. The number of pyridine rings is 2. The third-order valence-corrected chi connectivity index (χ3v) is 5.37. The van der Waals surface area contributed by atoms with Crippen molar-refractivity contribution in [2.75, 3.05) is 5.32 Å². The van der Waals surface area contributed by atoms with Crippen molar-refractivity contribution in [3.8, 4) is 0 Å². The maximum atomic E-state index is 12.8. The summed E-state index contributed by atoms with van der Waals surface area (Å²) in [6.45, 7) is 0. The summed E-state index contributed by atoms with van der Waals surface area (Å²) in [5.74, 6) is 0.610. The molecule has 0 aliphatic heterocycles. The molecule has 3 aromatic heterocycles. The quantitative estimate of drug-likeness (QED) is 0.652. The summed E-state index contributed by atoms with van der Waals surface area (Å²) in [6, 6.07) is 9.14. The number of nitrogens with one attached hydrogen (secondary N) is 1. The van der Waals surface area contributed by atoms with Crippen LogP contribution in [0.1, 0.15) is 39.9 Å². The number of carbonyl (C=O) groups excluding carboxylic acids is 1. The van der Waals surface area contributed by atoms with E-state index in [2.05, 4.69) is 20.3 Å². The minimum absolute atomic E-state index is 0.114. The highest BCUT2D eigenvalue weighted by molar-refractivity contribution is 7.11. The van der Waals surface area contributed by atoms with Gasteiger partial charge in [-0.2, -0.15) is 0 Å². The number of thiazole rings is 1. The fourth-order valence-electron chi connectivity index (χ4n) is 3.20. The lowest BCUT2D eigenvalue weighted by atomic mass is 9.76. The highest BCUT2D eigenvalue weighted by atomic mass is 32.1. The number of anilines is 1. The van der Waals surface area contributed by atoms with Crippen LogP contribution in [0.4, 0.5) is 5.82 Å². The minimum atomic E-state index is -0.270. The zero-order chi connectivity index (χ0) is 17.9. The van der Waals surface area contributed by atoms with E-state index in [-0.39, 0.29) is 23.8 Å². The Morgan fingerprint density at radius 1 is 1.12 bits per heavy atom. The van der Waals surface area contributed by atoms with Gasteiger partial charge in [0.05, 0.1) is 23.4 Å². The lowest BCUT2D eigenvalue weighted by Gasteiger charge is -2.38. The Morgan fingerprint density at radius 3 is 2.65 bits per heavy atom. The Morgan fingerprint density at radius 2 is 1.96 bits per heavy atom. The number of rotatable bonds is 6. The van der Waals surface area contributed by atoms with Gasteiger partial charge in [-0.1, -0.05) is 6.07 Å². The van der Waals surface area contributed by atoms with E-state index >= 15 is 0 Å². The van der Waals surface area contributed by atoms with Crippen LogP contribution in [0, 0.1) is 5.92 Å². The lowest BCUT2D eigenvalue weighted by Crippen LogP contribution is -2.36. The van der Waals surface area contributed by atoms with E-state index in [0.717, 1.165) is 5.69 Å². The van der Waals surface area contributed by atoms with Crippen LogP contribution < -0.4 is 5.32 Å². The number of ketones is 1. The van der Waals surface area contributed by atoms with Crippen molar-refractivity contribution in [3.05, 3.63) is 70.6 Å². The molecule has 3 heterocycles. The second-order valence-electron chi connectivity index (χ2n) is 6.33. The zero-order valence-corrected chi connectivity index (χ0v) is 14.8. The lowest BCUT2D eigenvalue weighted by molar-refractivity contribution is 0.0333. The van der Waals surface area contributed by atoms with Gasteiger partial charge in [0.15, 0.2) is 5.01 Å². The van der Waals surface area contributed by atoms with Gasteiger partial charge >= 0.3 is 0 Å². The van der Waals surface area contributed by atoms with E-state index in [1.807, 2.05) is 18.2 Å². The van der Waals surface area contributed by atoms with Crippen LogP contribution in [0.15, 0.2) is 54.3 Å². The van der Waals surface area contributed by atoms with Gasteiger partial charge < -0.3 is 10.4 Å². The first kappa shape index (κ1) is 16.8. The van der Waals surface area contributed by atoms with E-state index in [4.69, 9.17) is 0 Å². The Balaban J connectivity index is 1.65. The molecule has 1 aliphatic carbocycles. The number of nitrogens with zero attached hydrogens (tertiary/aromatic N) is 3. The molecular formula is C19H18N4O2S. The highest BCUT2D eigenvalue weighted by Gasteiger charge is 2.36. The highest BCUT2D eigenvalue weighted by Crippen LogP contribution is 2.39. The van der Waals surface area contributed by atoms with Crippen molar-refractivity contribution in [2.45, 2.75) is 25.0 Å². The SMILES string of the molecule is O=C(c1nccs1)c1cccnc1NC(c1ccccn1)C1CC(O)C1. The van der Waals surface area contributed by atoms with Crippen LogP contribution in [-0.2, 0) is 0 Å². The van der Waals surface area contributed by atoms with E-state index in [1.54, 1.807) is 36.1 Å². The van der Waals surface area contributed by atoms with Crippen molar-refractivity contribution in [2.24, 2.45) is 5.92 Å². The van der Waals surface area contributed by atoms with Crippen LogP contribution in [0.3, 0.4) is 0 Å². The van der Waals surface area contributed by atoms with Gasteiger partial charge in [-0.15, -0.1) is 11.3 Å². The molecule has 4 rings (SSSR count). The summed E-state index contributed by atoms with van der Waals surface area (Å²) in [5, 5.41) is 15.3. The number of aromatic nitrogens is 3. The van der Waals surface area contributed by atoms with Crippen molar-refractivity contribution in [1.29, 1.82) is 0 Å². The molecular weight excluding hydrogens is 348 g/mol. The van der Waals surface area contributed by atoms with Crippen molar-refractivity contribution >= 4 is 22.9 Å². The summed E-state index contributed by atoms with van der Waals surface area (Å²) in [6.07, 6.45) is 6.17. The van der Waals surface area contributed by atoms with Crippen LogP contribution in [0.5, 0.6) is 0 Å². The average Bonchev–Trinajstić information content (AvgIpc) is 3.19. The first-order valence-electron chi connectivity index (χ1n) is 8.47. The van der Waals surface area contributed by atoms with Gasteiger partial charge in [0.2, 0.25) is 5.78 Å². The number of aliphatic hydroxyl groups excluding tert-OH is 1. The fourth-order valence-corrected chi connectivity index (χ4v) is 3.79. The molecule has 0 radical (unpaired) electrons. The zero-order valence-electron chi connectivity index (χ0n) is 13.9.